The molecule has 24 heavy (non-hydrogen) atoms. The van der Waals surface area contributed by atoms with Gasteiger partial charge in [0.1, 0.15) is 0 Å². The smallest absolute Gasteiger partial charge is 0.308 e. The predicted octanol–water partition coefficient (Wildman–Crippen LogP) is 3.84. The molecule has 0 N–H and O–H groups in total. The summed E-state index contributed by atoms with van der Waals surface area (Å²) in [5, 5.41) is 0. The molecule has 0 radical (unpaired) electrons. The second-order valence-electron chi connectivity index (χ2n) is 8.77. The number of nitrogens with zero attached hydrogens (tertiary/aromatic N) is 1. The minimum Gasteiger partial charge on any atom is -0.435 e. The maximum atomic E-state index is 12.0. The minimum atomic E-state index is -0.334. The number of ether oxygens (including phenoxy) is 2. The molecule has 6 atom stereocenters. The van der Waals surface area contributed by atoms with Gasteiger partial charge in [0.2, 0.25) is 6.29 Å². The van der Waals surface area contributed by atoms with Gasteiger partial charge >= 0.3 is 5.97 Å². The van der Waals surface area contributed by atoms with E-state index in [1.165, 1.54) is 25.7 Å². The Morgan fingerprint density at radius 3 is 2.71 bits per heavy atom. The van der Waals surface area contributed by atoms with E-state index < -0.39 is 0 Å². The zero-order valence-corrected chi connectivity index (χ0v) is 15.9. The molecule has 0 bridgehead atoms. The number of carbonyl (C=O) groups is 1. The van der Waals surface area contributed by atoms with Crippen LogP contribution in [-0.2, 0) is 14.3 Å². The lowest BCUT2D eigenvalue weighted by Crippen LogP contribution is -2.46. The van der Waals surface area contributed by atoms with E-state index in [2.05, 4.69) is 32.7 Å². The average Bonchev–Trinajstić information content (AvgIpc) is 2.88. The number of rotatable bonds is 4. The predicted molar refractivity (Wildman–Crippen MR) is 94.5 cm³/mol. The molecule has 0 aromatic carbocycles. The van der Waals surface area contributed by atoms with Crippen molar-refractivity contribution in [2.45, 2.75) is 84.2 Å². The molecule has 3 aliphatic rings. The Labute approximate surface area is 147 Å². The van der Waals surface area contributed by atoms with Gasteiger partial charge in [-0.05, 0) is 57.0 Å². The second kappa shape index (κ2) is 7.74. The molecule has 4 heteroatoms. The minimum absolute atomic E-state index is 0.0751. The van der Waals surface area contributed by atoms with E-state index in [1.54, 1.807) is 0 Å². The standard InChI is InChI=1S/C20H35NO3/c1-13(2)15-9-8-14(3)11-18(15)23-20-16(12-19(22)24-20)17-7-5-6-10-21(17)4/h13-18,20H,5-12H2,1-4H3/t14-,15+,16+,17+,18-,20-/m1/s1. The van der Waals surface area contributed by atoms with Crippen molar-refractivity contribution in [2.24, 2.45) is 23.7 Å². The van der Waals surface area contributed by atoms with Crippen molar-refractivity contribution < 1.29 is 14.3 Å². The highest BCUT2D eigenvalue weighted by Gasteiger charge is 2.45. The number of hydrogen-bond acceptors (Lipinski definition) is 4. The van der Waals surface area contributed by atoms with Crippen molar-refractivity contribution in [3.8, 4) is 0 Å². The number of cyclic esters (lactones) is 1. The van der Waals surface area contributed by atoms with Gasteiger partial charge in [0.25, 0.3) is 0 Å². The fraction of sp³-hybridized carbons (Fsp3) is 0.950. The normalized spacial score (nSPS) is 41.6. The van der Waals surface area contributed by atoms with Crippen LogP contribution in [0, 0.1) is 23.7 Å². The third-order valence-corrected chi connectivity index (χ3v) is 6.59. The molecular formula is C20H35NO3. The molecule has 0 aromatic rings. The highest BCUT2D eigenvalue weighted by Crippen LogP contribution is 2.39. The Morgan fingerprint density at radius 1 is 1.21 bits per heavy atom. The molecule has 0 amide bonds. The summed E-state index contributed by atoms with van der Waals surface area (Å²) in [7, 11) is 2.18. The molecule has 2 aliphatic heterocycles. The third-order valence-electron chi connectivity index (χ3n) is 6.59. The Morgan fingerprint density at radius 2 is 2.00 bits per heavy atom. The van der Waals surface area contributed by atoms with Crippen molar-refractivity contribution in [3.63, 3.8) is 0 Å². The van der Waals surface area contributed by atoms with Gasteiger partial charge in [-0.15, -0.1) is 0 Å². The van der Waals surface area contributed by atoms with Crippen LogP contribution in [0.15, 0.2) is 0 Å². The summed E-state index contributed by atoms with van der Waals surface area (Å²) in [6.45, 7) is 8.03. The van der Waals surface area contributed by atoms with Crippen LogP contribution in [0.2, 0.25) is 0 Å². The molecular weight excluding hydrogens is 302 g/mol. The van der Waals surface area contributed by atoms with Gasteiger partial charge in [0.05, 0.1) is 12.5 Å². The topological polar surface area (TPSA) is 38.8 Å². The molecule has 2 heterocycles. The molecule has 0 unspecified atom stereocenters. The molecule has 0 spiro atoms. The van der Waals surface area contributed by atoms with Crippen LogP contribution in [0.3, 0.4) is 0 Å². The largest absolute Gasteiger partial charge is 0.435 e. The fourth-order valence-corrected chi connectivity index (χ4v) is 5.09. The number of piperidine rings is 1. The Bertz CT molecular complexity index is 439. The molecule has 3 fully saturated rings. The van der Waals surface area contributed by atoms with Crippen molar-refractivity contribution in [2.75, 3.05) is 13.6 Å². The van der Waals surface area contributed by atoms with E-state index in [9.17, 15) is 4.79 Å². The lowest BCUT2D eigenvalue weighted by Gasteiger charge is -2.41. The van der Waals surface area contributed by atoms with E-state index in [0.717, 1.165) is 19.4 Å². The van der Waals surface area contributed by atoms with Crippen LogP contribution in [0.5, 0.6) is 0 Å². The summed E-state index contributed by atoms with van der Waals surface area (Å²) in [5.74, 6) is 2.04. The fourth-order valence-electron chi connectivity index (χ4n) is 5.09. The molecule has 2 saturated heterocycles. The van der Waals surface area contributed by atoms with Crippen molar-refractivity contribution in [3.05, 3.63) is 0 Å². The van der Waals surface area contributed by atoms with Crippen LogP contribution in [0.1, 0.15) is 65.7 Å². The zero-order chi connectivity index (χ0) is 17.3. The van der Waals surface area contributed by atoms with E-state index in [-0.39, 0.29) is 24.3 Å². The monoisotopic (exact) mass is 337 g/mol. The van der Waals surface area contributed by atoms with Gasteiger partial charge in [-0.2, -0.15) is 0 Å². The maximum Gasteiger partial charge on any atom is 0.308 e. The summed E-state index contributed by atoms with van der Waals surface area (Å²) in [6, 6.07) is 0.425. The number of hydrogen-bond donors (Lipinski definition) is 0. The third kappa shape index (κ3) is 3.96. The average molecular weight is 338 g/mol. The van der Waals surface area contributed by atoms with Crippen molar-refractivity contribution >= 4 is 5.97 Å². The first-order valence-corrected chi connectivity index (χ1v) is 10.0. The Hall–Kier alpha value is -0.610. The first-order valence-electron chi connectivity index (χ1n) is 10.0. The highest BCUT2D eigenvalue weighted by molar-refractivity contribution is 5.72. The van der Waals surface area contributed by atoms with Gasteiger partial charge in [-0.3, -0.25) is 4.79 Å². The van der Waals surface area contributed by atoms with Gasteiger partial charge in [0.15, 0.2) is 0 Å². The summed E-state index contributed by atoms with van der Waals surface area (Å²) < 4.78 is 12.2. The molecule has 138 valence electrons. The summed E-state index contributed by atoms with van der Waals surface area (Å²) in [6.07, 6.45) is 7.72. The van der Waals surface area contributed by atoms with Gasteiger partial charge in [-0.1, -0.05) is 33.6 Å². The van der Waals surface area contributed by atoms with Crippen molar-refractivity contribution in [1.29, 1.82) is 0 Å². The summed E-state index contributed by atoms with van der Waals surface area (Å²) in [4.78, 5) is 14.4. The van der Waals surface area contributed by atoms with E-state index in [0.29, 0.717) is 30.2 Å². The van der Waals surface area contributed by atoms with Gasteiger partial charge in [0, 0.05) is 12.0 Å². The van der Waals surface area contributed by atoms with Crippen LogP contribution < -0.4 is 0 Å². The number of esters is 1. The number of carbonyl (C=O) groups excluding carboxylic acids is 1. The number of likely N-dealkylation sites (tertiary alicyclic amines) is 1. The van der Waals surface area contributed by atoms with E-state index in [4.69, 9.17) is 9.47 Å². The van der Waals surface area contributed by atoms with E-state index >= 15 is 0 Å². The lowest BCUT2D eigenvalue weighted by atomic mass is 9.75. The SMILES string of the molecule is CC(C)[C@@H]1CC[C@@H](C)C[C@H]1O[C@@H]1OC(=O)C[C@H]1[C@@H]1CCCCN1C. The van der Waals surface area contributed by atoms with Crippen molar-refractivity contribution in [1.82, 2.24) is 4.90 Å². The van der Waals surface area contributed by atoms with Crippen LogP contribution in [0.4, 0.5) is 0 Å². The van der Waals surface area contributed by atoms with Gasteiger partial charge in [-0.25, -0.2) is 0 Å². The molecule has 3 rings (SSSR count). The highest BCUT2D eigenvalue weighted by atomic mass is 16.7. The first kappa shape index (κ1) is 18.2. The Balaban J connectivity index is 1.70. The zero-order valence-electron chi connectivity index (χ0n) is 15.9. The molecule has 0 aromatic heterocycles. The summed E-state index contributed by atoms with van der Waals surface area (Å²) in [5.41, 5.74) is 0. The van der Waals surface area contributed by atoms with Crippen LogP contribution in [0.25, 0.3) is 0 Å². The first-order chi connectivity index (χ1) is 11.5. The quantitative estimate of drug-likeness (QED) is 0.731. The second-order valence-corrected chi connectivity index (χ2v) is 8.77. The van der Waals surface area contributed by atoms with Crippen LogP contribution in [-0.4, -0.2) is 42.9 Å². The summed E-state index contributed by atoms with van der Waals surface area (Å²) >= 11 is 0. The van der Waals surface area contributed by atoms with E-state index in [1.807, 2.05) is 0 Å². The Kier molecular flexibility index (Phi) is 5.86. The molecule has 4 nitrogen and oxygen atoms in total. The van der Waals surface area contributed by atoms with Crippen LogP contribution >= 0.6 is 0 Å². The maximum absolute atomic E-state index is 12.0. The molecule has 1 saturated carbocycles. The molecule has 1 aliphatic carbocycles. The lowest BCUT2D eigenvalue weighted by molar-refractivity contribution is -0.201. The van der Waals surface area contributed by atoms with Gasteiger partial charge < -0.3 is 14.4 Å².